The molecule has 2 rings (SSSR count). The first kappa shape index (κ1) is 15.9. The van der Waals surface area contributed by atoms with Crippen molar-refractivity contribution < 1.29 is 19.1 Å². The lowest BCUT2D eigenvalue weighted by Gasteiger charge is -2.35. The largest absolute Gasteiger partial charge is 0.481 e. The standard InChI is InChI=1S/C15H17BrFNO3/c16-12-6-3-5-11(14(12)17)15(21)18-9-2-1-4-10(18)7-8-13(19)20/h3,5-6,10H,1-2,4,7-9H2,(H,19,20). The van der Waals surface area contributed by atoms with Crippen LogP contribution in [0.1, 0.15) is 42.5 Å². The van der Waals surface area contributed by atoms with Gasteiger partial charge in [0.15, 0.2) is 0 Å². The fourth-order valence-electron chi connectivity index (χ4n) is 2.68. The van der Waals surface area contributed by atoms with Crippen LogP contribution in [-0.2, 0) is 4.79 Å². The first-order valence-electron chi connectivity index (χ1n) is 6.97. The Balaban J connectivity index is 2.18. The lowest BCUT2D eigenvalue weighted by molar-refractivity contribution is -0.137. The minimum atomic E-state index is -0.874. The Kier molecular flexibility index (Phi) is 5.33. The number of aliphatic carboxylic acids is 1. The van der Waals surface area contributed by atoms with Crippen molar-refractivity contribution in [2.75, 3.05) is 6.54 Å². The molecule has 0 spiro atoms. The van der Waals surface area contributed by atoms with Crippen molar-refractivity contribution in [2.24, 2.45) is 0 Å². The zero-order valence-corrected chi connectivity index (χ0v) is 13.1. The lowest BCUT2D eigenvalue weighted by Crippen LogP contribution is -2.44. The normalized spacial score (nSPS) is 18.6. The summed E-state index contributed by atoms with van der Waals surface area (Å²) in [6.07, 6.45) is 3.04. The fourth-order valence-corrected chi connectivity index (χ4v) is 3.05. The van der Waals surface area contributed by atoms with Crippen LogP contribution < -0.4 is 0 Å². The molecule has 0 radical (unpaired) electrons. The van der Waals surface area contributed by atoms with Gasteiger partial charge in [-0.25, -0.2) is 4.39 Å². The number of carboxylic acid groups (broad SMARTS) is 1. The van der Waals surface area contributed by atoms with Gasteiger partial charge in [0.25, 0.3) is 5.91 Å². The maximum atomic E-state index is 14.1. The van der Waals surface area contributed by atoms with E-state index in [4.69, 9.17) is 5.11 Å². The molecule has 4 nitrogen and oxygen atoms in total. The Morgan fingerprint density at radius 3 is 2.86 bits per heavy atom. The Morgan fingerprint density at radius 1 is 1.38 bits per heavy atom. The second kappa shape index (κ2) is 7.02. The summed E-state index contributed by atoms with van der Waals surface area (Å²) in [7, 11) is 0. The number of nitrogens with zero attached hydrogens (tertiary/aromatic N) is 1. The third-order valence-electron chi connectivity index (χ3n) is 3.76. The maximum absolute atomic E-state index is 14.1. The number of rotatable bonds is 4. The summed E-state index contributed by atoms with van der Waals surface area (Å²) in [5.41, 5.74) is 0.0339. The quantitative estimate of drug-likeness (QED) is 0.897. The third-order valence-corrected chi connectivity index (χ3v) is 4.37. The molecule has 1 heterocycles. The van der Waals surface area contributed by atoms with E-state index in [-0.39, 0.29) is 28.4 Å². The number of carbonyl (C=O) groups excluding carboxylic acids is 1. The molecule has 1 unspecified atom stereocenters. The van der Waals surface area contributed by atoms with E-state index < -0.39 is 11.8 Å². The Labute approximate surface area is 131 Å². The van der Waals surface area contributed by atoms with Crippen LogP contribution in [0.2, 0.25) is 0 Å². The van der Waals surface area contributed by atoms with Gasteiger partial charge in [-0.15, -0.1) is 0 Å². The molecule has 1 atom stereocenters. The summed E-state index contributed by atoms with van der Waals surface area (Å²) in [5, 5.41) is 8.80. The van der Waals surface area contributed by atoms with Crippen molar-refractivity contribution in [3.8, 4) is 0 Å². The fraction of sp³-hybridized carbons (Fsp3) is 0.467. The highest BCUT2D eigenvalue weighted by Gasteiger charge is 2.29. The molecule has 0 aromatic heterocycles. The maximum Gasteiger partial charge on any atom is 0.303 e. The first-order valence-corrected chi connectivity index (χ1v) is 7.76. The van der Waals surface area contributed by atoms with Crippen molar-refractivity contribution in [1.29, 1.82) is 0 Å². The van der Waals surface area contributed by atoms with Crippen LogP contribution in [-0.4, -0.2) is 34.5 Å². The molecule has 0 aliphatic carbocycles. The smallest absolute Gasteiger partial charge is 0.303 e. The highest BCUT2D eigenvalue weighted by atomic mass is 79.9. The molecule has 1 aliphatic heterocycles. The van der Waals surface area contributed by atoms with Gasteiger partial charge >= 0.3 is 5.97 Å². The summed E-state index contributed by atoms with van der Waals surface area (Å²) in [4.78, 5) is 24.9. The van der Waals surface area contributed by atoms with Crippen molar-refractivity contribution in [1.82, 2.24) is 4.90 Å². The van der Waals surface area contributed by atoms with Crippen LogP contribution in [0.3, 0.4) is 0 Å². The molecule has 21 heavy (non-hydrogen) atoms. The number of halogens is 2. The Bertz CT molecular complexity index is 550. The van der Waals surface area contributed by atoms with Gasteiger partial charge in [0, 0.05) is 19.0 Å². The topological polar surface area (TPSA) is 57.6 Å². The number of hydrogen-bond donors (Lipinski definition) is 1. The van der Waals surface area contributed by atoms with E-state index in [1.807, 2.05) is 0 Å². The second-order valence-electron chi connectivity index (χ2n) is 5.18. The zero-order chi connectivity index (χ0) is 15.4. The molecule has 1 aromatic rings. The molecular formula is C15H17BrFNO3. The van der Waals surface area contributed by atoms with Gasteiger partial charge in [0.1, 0.15) is 5.82 Å². The Morgan fingerprint density at radius 2 is 2.14 bits per heavy atom. The summed E-state index contributed by atoms with van der Waals surface area (Å²) in [5.74, 6) is -1.80. The van der Waals surface area contributed by atoms with Gasteiger partial charge in [-0.05, 0) is 53.7 Å². The summed E-state index contributed by atoms with van der Waals surface area (Å²) < 4.78 is 14.3. The van der Waals surface area contributed by atoms with Gasteiger partial charge < -0.3 is 10.0 Å². The molecule has 0 bridgehead atoms. The predicted molar refractivity (Wildman–Crippen MR) is 79.6 cm³/mol. The molecule has 6 heteroatoms. The molecule has 0 saturated carbocycles. The van der Waals surface area contributed by atoms with Gasteiger partial charge in [-0.1, -0.05) is 6.07 Å². The SMILES string of the molecule is O=C(O)CCC1CCCCN1C(=O)c1cccc(Br)c1F. The minimum Gasteiger partial charge on any atom is -0.481 e. The van der Waals surface area contributed by atoms with E-state index >= 15 is 0 Å². The number of likely N-dealkylation sites (tertiary alicyclic amines) is 1. The van der Waals surface area contributed by atoms with Crippen molar-refractivity contribution in [3.63, 3.8) is 0 Å². The van der Waals surface area contributed by atoms with Crippen molar-refractivity contribution in [3.05, 3.63) is 34.1 Å². The van der Waals surface area contributed by atoms with E-state index in [2.05, 4.69) is 15.9 Å². The van der Waals surface area contributed by atoms with Crippen LogP contribution in [0.15, 0.2) is 22.7 Å². The molecule has 1 aliphatic rings. The Hall–Kier alpha value is -1.43. The first-order chi connectivity index (χ1) is 10.0. The summed E-state index contributed by atoms with van der Waals surface area (Å²) in [6, 6.07) is 4.51. The number of benzene rings is 1. The lowest BCUT2D eigenvalue weighted by atomic mass is 9.97. The molecule has 1 aromatic carbocycles. The van der Waals surface area contributed by atoms with Gasteiger partial charge in [0.05, 0.1) is 10.0 Å². The van der Waals surface area contributed by atoms with Crippen LogP contribution in [0.5, 0.6) is 0 Å². The highest BCUT2D eigenvalue weighted by Crippen LogP contribution is 2.26. The molecule has 1 N–H and O–H groups in total. The van der Waals surface area contributed by atoms with Gasteiger partial charge in [-0.2, -0.15) is 0 Å². The molecule has 1 fully saturated rings. The van der Waals surface area contributed by atoms with E-state index in [1.54, 1.807) is 17.0 Å². The number of carboxylic acids is 1. The van der Waals surface area contributed by atoms with Crippen LogP contribution in [0.4, 0.5) is 4.39 Å². The van der Waals surface area contributed by atoms with E-state index in [9.17, 15) is 14.0 Å². The minimum absolute atomic E-state index is 0.0232. The monoisotopic (exact) mass is 357 g/mol. The van der Waals surface area contributed by atoms with E-state index in [0.717, 1.165) is 19.3 Å². The van der Waals surface area contributed by atoms with Crippen LogP contribution >= 0.6 is 15.9 Å². The highest BCUT2D eigenvalue weighted by molar-refractivity contribution is 9.10. The average Bonchev–Trinajstić information content (AvgIpc) is 2.47. The van der Waals surface area contributed by atoms with Gasteiger partial charge in [-0.3, -0.25) is 9.59 Å². The summed E-state index contributed by atoms with van der Waals surface area (Å²) >= 11 is 3.08. The number of amides is 1. The van der Waals surface area contributed by atoms with E-state index in [0.29, 0.717) is 13.0 Å². The van der Waals surface area contributed by atoms with Crippen molar-refractivity contribution in [2.45, 2.75) is 38.1 Å². The molecule has 1 saturated heterocycles. The van der Waals surface area contributed by atoms with Crippen LogP contribution in [0, 0.1) is 5.82 Å². The van der Waals surface area contributed by atoms with E-state index in [1.165, 1.54) is 6.07 Å². The third kappa shape index (κ3) is 3.81. The molecule has 114 valence electrons. The average molecular weight is 358 g/mol. The van der Waals surface area contributed by atoms with Crippen molar-refractivity contribution >= 4 is 27.8 Å². The predicted octanol–water partition coefficient (Wildman–Crippen LogP) is 3.45. The number of hydrogen-bond acceptors (Lipinski definition) is 2. The number of piperidine rings is 1. The second-order valence-corrected chi connectivity index (χ2v) is 6.04. The molecular weight excluding hydrogens is 341 g/mol. The zero-order valence-electron chi connectivity index (χ0n) is 11.5. The van der Waals surface area contributed by atoms with Gasteiger partial charge in [0.2, 0.25) is 0 Å². The van der Waals surface area contributed by atoms with Crippen LogP contribution in [0.25, 0.3) is 0 Å². The number of carbonyl (C=O) groups is 2. The molecule has 1 amide bonds. The summed E-state index contributed by atoms with van der Waals surface area (Å²) in [6.45, 7) is 0.551.